The van der Waals surface area contributed by atoms with Gasteiger partial charge in [-0.25, -0.2) is 13.8 Å². The highest BCUT2D eigenvalue weighted by molar-refractivity contribution is 7.14. The van der Waals surface area contributed by atoms with Gasteiger partial charge in [-0.3, -0.25) is 4.79 Å². The maximum Gasteiger partial charge on any atom is 0.273 e. The number of carbonyl (C=O) groups is 1. The van der Waals surface area contributed by atoms with Gasteiger partial charge in [-0.2, -0.15) is 5.26 Å². The number of aromatic nitrogens is 1. The molecule has 1 aliphatic heterocycles. The fourth-order valence-corrected chi connectivity index (χ4v) is 3.04. The molecule has 0 atom stereocenters. The SMILES string of the molecule is N#CCC1CN(C(=O)c2csc(Nc3cc(F)cc(F)c3)n2)C1. The van der Waals surface area contributed by atoms with Crippen LogP contribution in [-0.2, 0) is 0 Å². The molecular formula is C15H12F2N4OS. The van der Waals surface area contributed by atoms with Crippen LogP contribution in [0.25, 0.3) is 0 Å². The van der Waals surface area contributed by atoms with Gasteiger partial charge >= 0.3 is 0 Å². The minimum atomic E-state index is -0.690. The van der Waals surface area contributed by atoms with Crippen molar-refractivity contribution in [2.24, 2.45) is 5.92 Å². The first kappa shape index (κ1) is 15.4. The van der Waals surface area contributed by atoms with Crippen molar-refractivity contribution in [2.75, 3.05) is 18.4 Å². The fourth-order valence-electron chi connectivity index (χ4n) is 2.33. The van der Waals surface area contributed by atoms with Crippen molar-refractivity contribution in [1.29, 1.82) is 5.26 Å². The molecule has 1 aliphatic rings. The van der Waals surface area contributed by atoms with E-state index in [9.17, 15) is 13.6 Å². The number of hydrogen-bond donors (Lipinski definition) is 1. The lowest BCUT2D eigenvalue weighted by molar-refractivity contribution is 0.0503. The molecule has 1 amide bonds. The van der Waals surface area contributed by atoms with Crippen LogP contribution in [0.1, 0.15) is 16.9 Å². The van der Waals surface area contributed by atoms with Gasteiger partial charge in [-0.1, -0.05) is 0 Å². The van der Waals surface area contributed by atoms with Crippen LogP contribution in [-0.4, -0.2) is 28.9 Å². The van der Waals surface area contributed by atoms with E-state index in [2.05, 4.69) is 16.4 Å². The van der Waals surface area contributed by atoms with Crippen LogP contribution in [0, 0.1) is 28.9 Å². The largest absolute Gasteiger partial charge is 0.337 e. The van der Waals surface area contributed by atoms with Crippen LogP contribution < -0.4 is 5.32 Å². The maximum absolute atomic E-state index is 13.1. The van der Waals surface area contributed by atoms with Gasteiger partial charge in [0.25, 0.3) is 5.91 Å². The summed E-state index contributed by atoms with van der Waals surface area (Å²) in [5.41, 5.74) is 0.513. The first-order chi connectivity index (χ1) is 11.0. The van der Waals surface area contributed by atoms with Crippen LogP contribution in [0.3, 0.4) is 0 Å². The summed E-state index contributed by atoms with van der Waals surface area (Å²) in [6, 6.07) is 5.16. The van der Waals surface area contributed by atoms with Gasteiger partial charge in [0.15, 0.2) is 5.13 Å². The molecular weight excluding hydrogens is 322 g/mol. The first-order valence-electron chi connectivity index (χ1n) is 6.90. The average Bonchev–Trinajstić information content (AvgIpc) is 2.89. The molecule has 0 spiro atoms. The summed E-state index contributed by atoms with van der Waals surface area (Å²) in [5, 5.41) is 13.4. The third kappa shape index (κ3) is 3.46. The third-order valence-electron chi connectivity index (χ3n) is 3.46. The smallest absolute Gasteiger partial charge is 0.273 e. The van der Waals surface area contributed by atoms with Crippen LogP contribution in [0.4, 0.5) is 19.6 Å². The van der Waals surface area contributed by atoms with Crippen LogP contribution >= 0.6 is 11.3 Å². The van der Waals surface area contributed by atoms with Crippen molar-refractivity contribution in [3.63, 3.8) is 0 Å². The number of benzene rings is 1. The molecule has 1 aromatic carbocycles. The number of amides is 1. The van der Waals surface area contributed by atoms with Crippen molar-refractivity contribution in [3.05, 3.63) is 40.9 Å². The molecule has 8 heteroatoms. The molecule has 1 saturated heterocycles. The Morgan fingerprint density at radius 2 is 2.09 bits per heavy atom. The van der Waals surface area contributed by atoms with Crippen LogP contribution in [0.15, 0.2) is 23.6 Å². The van der Waals surface area contributed by atoms with Crippen molar-refractivity contribution >= 4 is 28.1 Å². The maximum atomic E-state index is 13.1. The fraction of sp³-hybridized carbons (Fsp3) is 0.267. The number of nitrogens with one attached hydrogen (secondary N) is 1. The molecule has 1 fully saturated rings. The van der Waals surface area contributed by atoms with E-state index in [1.54, 1.807) is 10.3 Å². The van der Waals surface area contributed by atoms with E-state index < -0.39 is 11.6 Å². The number of rotatable bonds is 4. The van der Waals surface area contributed by atoms with E-state index in [4.69, 9.17) is 5.26 Å². The summed E-state index contributed by atoms with van der Waals surface area (Å²) in [4.78, 5) is 18.0. The molecule has 5 nitrogen and oxygen atoms in total. The van der Waals surface area contributed by atoms with Gasteiger partial charge in [0.1, 0.15) is 17.3 Å². The van der Waals surface area contributed by atoms with Gasteiger partial charge in [0.2, 0.25) is 0 Å². The highest BCUT2D eigenvalue weighted by Gasteiger charge is 2.31. The number of nitriles is 1. The van der Waals surface area contributed by atoms with E-state index in [1.165, 1.54) is 11.3 Å². The molecule has 0 bridgehead atoms. The van der Waals surface area contributed by atoms with Crippen molar-refractivity contribution < 1.29 is 13.6 Å². The minimum Gasteiger partial charge on any atom is -0.337 e. The summed E-state index contributed by atoms with van der Waals surface area (Å²) in [5.74, 6) is -1.35. The lowest BCUT2D eigenvalue weighted by Gasteiger charge is -2.37. The van der Waals surface area contributed by atoms with E-state index in [0.717, 1.165) is 18.2 Å². The second-order valence-electron chi connectivity index (χ2n) is 5.26. The lowest BCUT2D eigenvalue weighted by atomic mass is 9.97. The minimum absolute atomic E-state index is 0.200. The predicted octanol–water partition coefficient (Wildman–Crippen LogP) is 3.15. The zero-order chi connectivity index (χ0) is 16.4. The summed E-state index contributed by atoms with van der Waals surface area (Å²) >= 11 is 1.18. The second-order valence-corrected chi connectivity index (χ2v) is 6.12. The second kappa shape index (κ2) is 6.30. The quantitative estimate of drug-likeness (QED) is 0.932. The van der Waals surface area contributed by atoms with E-state index in [0.29, 0.717) is 24.6 Å². The number of carbonyl (C=O) groups excluding carboxylic acids is 1. The molecule has 23 heavy (non-hydrogen) atoms. The topological polar surface area (TPSA) is 69.0 Å². The molecule has 118 valence electrons. The molecule has 1 aromatic heterocycles. The standard InChI is InChI=1S/C15H12F2N4OS/c16-10-3-11(17)5-12(4-10)19-15-20-13(8-23-15)14(22)21-6-9(7-21)1-2-18/h3-5,8-9H,1,6-7H2,(H,19,20). The summed E-state index contributed by atoms with van der Waals surface area (Å²) in [7, 11) is 0. The summed E-state index contributed by atoms with van der Waals surface area (Å²) in [6.07, 6.45) is 0.443. The Balaban J connectivity index is 1.64. The van der Waals surface area contributed by atoms with Crippen LogP contribution in [0.5, 0.6) is 0 Å². The van der Waals surface area contributed by atoms with Crippen molar-refractivity contribution in [1.82, 2.24) is 9.88 Å². The van der Waals surface area contributed by atoms with E-state index in [1.807, 2.05) is 0 Å². The number of halogens is 2. The van der Waals surface area contributed by atoms with Gasteiger partial charge in [-0.15, -0.1) is 11.3 Å². The Bertz CT molecular complexity index is 760. The zero-order valence-corrected chi connectivity index (χ0v) is 12.7. The Labute approximate surface area is 135 Å². The number of anilines is 2. The summed E-state index contributed by atoms with van der Waals surface area (Å²) < 4.78 is 26.3. The Morgan fingerprint density at radius 3 is 2.74 bits per heavy atom. The zero-order valence-electron chi connectivity index (χ0n) is 11.9. The monoisotopic (exact) mass is 334 g/mol. The molecule has 2 aromatic rings. The van der Waals surface area contributed by atoms with Gasteiger partial charge in [-0.05, 0) is 12.1 Å². The van der Waals surface area contributed by atoms with Crippen molar-refractivity contribution in [3.8, 4) is 6.07 Å². The normalized spacial score (nSPS) is 14.2. The Hall–Kier alpha value is -2.53. The number of nitrogens with zero attached hydrogens (tertiary/aromatic N) is 3. The van der Waals surface area contributed by atoms with Gasteiger partial charge < -0.3 is 10.2 Å². The Kier molecular flexibility index (Phi) is 4.21. The molecule has 0 saturated carbocycles. The van der Waals surface area contributed by atoms with Gasteiger partial charge in [0, 0.05) is 42.6 Å². The molecule has 0 radical (unpaired) electrons. The molecule has 0 unspecified atom stereocenters. The molecule has 3 rings (SSSR count). The third-order valence-corrected chi connectivity index (χ3v) is 4.22. The molecule has 2 heterocycles. The number of likely N-dealkylation sites (tertiary alicyclic amines) is 1. The highest BCUT2D eigenvalue weighted by atomic mass is 32.1. The Morgan fingerprint density at radius 1 is 1.39 bits per heavy atom. The van der Waals surface area contributed by atoms with E-state index >= 15 is 0 Å². The first-order valence-corrected chi connectivity index (χ1v) is 7.78. The van der Waals surface area contributed by atoms with Gasteiger partial charge in [0.05, 0.1) is 6.07 Å². The lowest BCUT2D eigenvalue weighted by Crippen LogP contribution is -2.49. The summed E-state index contributed by atoms with van der Waals surface area (Å²) in [6.45, 7) is 1.11. The number of thiazole rings is 1. The highest BCUT2D eigenvalue weighted by Crippen LogP contribution is 2.25. The van der Waals surface area contributed by atoms with E-state index in [-0.39, 0.29) is 23.2 Å². The van der Waals surface area contributed by atoms with Crippen LogP contribution in [0.2, 0.25) is 0 Å². The molecule has 0 aliphatic carbocycles. The molecule has 1 N–H and O–H groups in total. The number of hydrogen-bond acceptors (Lipinski definition) is 5. The average molecular weight is 334 g/mol. The predicted molar refractivity (Wildman–Crippen MR) is 81.4 cm³/mol. The van der Waals surface area contributed by atoms with Crippen molar-refractivity contribution in [2.45, 2.75) is 6.42 Å².